The molecule has 6 nitrogen and oxygen atoms in total. The molecule has 0 atom stereocenters. The summed E-state index contributed by atoms with van der Waals surface area (Å²) in [6, 6.07) is 0. The van der Waals surface area contributed by atoms with E-state index in [1.807, 2.05) is 13.8 Å². The fraction of sp³-hybridized carbons (Fsp3) is 0.867. The van der Waals surface area contributed by atoms with Gasteiger partial charge in [-0.05, 0) is 13.8 Å². The molecule has 0 radical (unpaired) electrons. The molecular formula is C15H27O6PS4. The first-order chi connectivity index (χ1) is 12.7. The molecule has 0 aromatic heterocycles. The second-order valence-electron chi connectivity index (χ2n) is 5.03. The lowest BCUT2D eigenvalue weighted by Crippen LogP contribution is -2.11. The summed E-state index contributed by atoms with van der Waals surface area (Å²) in [6.45, 7) is 8.14. The first kappa shape index (κ1) is 23.4. The molecule has 0 aromatic rings. The summed E-state index contributed by atoms with van der Waals surface area (Å²) in [7, 11) is -3.15. The Bertz CT molecular complexity index is 457. The van der Waals surface area contributed by atoms with Crippen LogP contribution < -0.4 is 0 Å². The monoisotopic (exact) mass is 462 g/mol. The third kappa shape index (κ3) is 7.89. The molecule has 11 heteroatoms. The van der Waals surface area contributed by atoms with Gasteiger partial charge in [0.05, 0.1) is 61.3 Å². The Hall–Kier alpha value is 1.17. The summed E-state index contributed by atoms with van der Waals surface area (Å²) in [5.74, 6) is 1.70. The summed E-state index contributed by atoms with van der Waals surface area (Å²) in [4.78, 5) is 0. The van der Waals surface area contributed by atoms with Crippen LogP contribution in [0.5, 0.6) is 0 Å². The van der Waals surface area contributed by atoms with E-state index in [-0.39, 0.29) is 4.32 Å². The van der Waals surface area contributed by atoms with Crippen molar-refractivity contribution < 1.29 is 27.8 Å². The maximum atomic E-state index is 13.1. The predicted molar refractivity (Wildman–Crippen MR) is 114 cm³/mol. The molecule has 2 aliphatic rings. The Morgan fingerprint density at radius 1 is 0.846 bits per heavy atom. The lowest BCUT2D eigenvalue weighted by molar-refractivity contribution is 0.0205. The van der Waals surface area contributed by atoms with Crippen molar-refractivity contribution in [2.75, 3.05) is 64.4 Å². The number of rotatable bonds is 5. The third-order valence-electron chi connectivity index (χ3n) is 3.12. The summed E-state index contributed by atoms with van der Waals surface area (Å²) in [5, 5.41) is 0. The second-order valence-corrected chi connectivity index (χ2v) is 13.1. The molecule has 26 heavy (non-hydrogen) atoms. The van der Waals surface area contributed by atoms with Crippen LogP contribution in [0.15, 0.2) is 8.47 Å². The Morgan fingerprint density at radius 3 is 1.69 bits per heavy atom. The lowest BCUT2D eigenvalue weighted by Gasteiger charge is -2.21. The molecule has 0 saturated heterocycles. The van der Waals surface area contributed by atoms with Gasteiger partial charge in [0.1, 0.15) is 0 Å². The van der Waals surface area contributed by atoms with Crippen molar-refractivity contribution in [2.45, 2.75) is 18.2 Å². The third-order valence-corrected chi connectivity index (χ3v) is 12.4. The van der Waals surface area contributed by atoms with E-state index >= 15 is 0 Å². The number of hydrogen-bond donors (Lipinski definition) is 0. The van der Waals surface area contributed by atoms with Crippen LogP contribution in [0, 0.1) is 0 Å². The molecule has 0 aromatic carbocycles. The molecular weight excluding hydrogens is 435 g/mol. The summed E-state index contributed by atoms with van der Waals surface area (Å²) < 4.78 is 42.9. The van der Waals surface area contributed by atoms with Gasteiger partial charge in [-0.3, -0.25) is 4.57 Å². The highest BCUT2D eigenvalue weighted by Crippen LogP contribution is 2.70. The van der Waals surface area contributed by atoms with E-state index in [9.17, 15) is 4.57 Å². The van der Waals surface area contributed by atoms with Crippen LogP contribution in [0.1, 0.15) is 13.8 Å². The molecule has 0 amide bonds. The van der Waals surface area contributed by atoms with E-state index < -0.39 is 7.60 Å². The number of hydrogen-bond acceptors (Lipinski definition) is 10. The first-order valence-corrected chi connectivity index (χ1v) is 14.0. The predicted octanol–water partition coefficient (Wildman–Crippen LogP) is 4.67. The zero-order valence-electron chi connectivity index (χ0n) is 15.2. The standard InChI is InChI=1S/C15H27O6PS4/c1-3-20-22(16,21-4-2)15-25-13-14(26-15)24-12-10-19-8-6-17-5-7-18-9-11-23-13/h15H,3-12H2,1-2H3. The van der Waals surface area contributed by atoms with Crippen molar-refractivity contribution in [1.29, 1.82) is 0 Å². The van der Waals surface area contributed by atoms with Gasteiger partial charge in [-0.15, -0.1) is 23.5 Å². The minimum Gasteiger partial charge on any atom is -0.378 e. The normalized spacial score (nSPS) is 22.7. The van der Waals surface area contributed by atoms with Gasteiger partial charge in [0.25, 0.3) is 0 Å². The van der Waals surface area contributed by atoms with Crippen molar-refractivity contribution in [3.8, 4) is 0 Å². The van der Waals surface area contributed by atoms with Crippen LogP contribution in [-0.4, -0.2) is 68.7 Å². The van der Waals surface area contributed by atoms with Crippen LogP contribution in [0.2, 0.25) is 0 Å². The highest BCUT2D eigenvalue weighted by molar-refractivity contribution is 8.40. The molecule has 0 spiro atoms. The van der Waals surface area contributed by atoms with E-state index in [1.165, 1.54) is 8.47 Å². The van der Waals surface area contributed by atoms with Crippen LogP contribution in [-0.2, 0) is 27.8 Å². The fourth-order valence-corrected chi connectivity index (χ4v) is 11.5. The van der Waals surface area contributed by atoms with E-state index in [0.29, 0.717) is 52.9 Å². The van der Waals surface area contributed by atoms with Gasteiger partial charge in [0.2, 0.25) is 0 Å². The van der Waals surface area contributed by atoms with Gasteiger partial charge in [-0.1, -0.05) is 23.5 Å². The van der Waals surface area contributed by atoms with E-state index in [2.05, 4.69) is 0 Å². The zero-order chi connectivity index (χ0) is 18.7. The molecule has 0 fully saturated rings. The van der Waals surface area contributed by atoms with Crippen LogP contribution in [0.4, 0.5) is 0 Å². The van der Waals surface area contributed by atoms with Crippen molar-refractivity contribution in [3.05, 3.63) is 8.47 Å². The molecule has 0 saturated carbocycles. The number of thioether (sulfide) groups is 4. The van der Waals surface area contributed by atoms with Gasteiger partial charge in [0.15, 0.2) is 4.32 Å². The SMILES string of the molecule is CCOP(=O)(OCC)C1SC2=C(SCCOCCOCCOCCS2)S1. The molecule has 0 aliphatic carbocycles. The molecule has 2 aliphatic heterocycles. The maximum absolute atomic E-state index is 13.1. The van der Waals surface area contributed by atoms with Gasteiger partial charge >= 0.3 is 7.60 Å². The second kappa shape index (κ2) is 13.4. The van der Waals surface area contributed by atoms with Crippen LogP contribution in [0.3, 0.4) is 0 Å². The Kier molecular flexibility index (Phi) is 12.1. The van der Waals surface area contributed by atoms with Gasteiger partial charge in [-0.25, -0.2) is 0 Å². The smallest absolute Gasteiger partial charge is 0.354 e. The molecule has 0 N–H and O–H groups in total. The highest BCUT2D eigenvalue weighted by Gasteiger charge is 2.43. The molecule has 0 bridgehead atoms. The zero-order valence-corrected chi connectivity index (χ0v) is 19.3. The molecule has 152 valence electrons. The minimum absolute atomic E-state index is 0.249. The molecule has 2 rings (SSSR count). The Morgan fingerprint density at radius 2 is 1.27 bits per heavy atom. The number of ether oxygens (including phenoxy) is 3. The van der Waals surface area contributed by atoms with Crippen molar-refractivity contribution in [1.82, 2.24) is 0 Å². The van der Waals surface area contributed by atoms with E-state index in [0.717, 1.165) is 11.5 Å². The van der Waals surface area contributed by atoms with Crippen molar-refractivity contribution in [3.63, 3.8) is 0 Å². The quantitative estimate of drug-likeness (QED) is 0.539. The fourth-order valence-electron chi connectivity index (χ4n) is 2.07. The molecule has 2 heterocycles. The largest absolute Gasteiger partial charge is 0.378 e. The average molecular weight is 463 g/mol. The lowest BCUT2D eigenvalue weighted by atomic mass is 10.7. The summed E-state index contributed by atoms with van der Waals surface area (Å²) in [5.41, 5.74) is 0. The minimum atomic E-state index is -3.15. The Labute approximate surface area is 173 Å². The van der Waals surface area contributed by atoms with Crippen LogP contribution in [0.25, 0.3) is 0 Å². The van der Waals surface area contributed by atoms with Gasteiger partial charge in [-0.2, -0.15) is 0 Å². The van der Waals surface area contributed by atoms with Gasteiger partial charge in [0, 0.05) is 11.5 Å². The van der Waals surface area contributed by atoms with E-state index in [4.69, 9.17) is 23.3 Å². The van der Waals surface area contributed by atoms with E-state index in [1.54, 1.807) is 47.0 Å². The summed E-state index contributed by atoms with van der Waals surface area (Å²) >= 11 is 6.68. The van der Waals surface area contributed by atoms with Crippen LogP contribution >= 0.6 is 54.6 Å². The summed E-state index contributed by atoms with van der Waals surface area (Å²) in [6.07, 6.45) is 0. The van der Waals surface area contributed by atoms with Crippen molar-refractivity contribution in [2.24, 2.45) is 0 Å². The Balaban J connectivity index is 1.98. The topological polar surface area (TPSA) is 63.2 Å². The molecule has 0 unspecified atom stereocenters. The maximum Gasteiger partial charge on any atom is 0.354 e. The average Bonchev–Trinajstić information content (AvgIpc) is 3.02. The van der Waals surface area contributed by atoms with Gasteiger partial charge < -0.3 is 23.3 Å². The first-order valence-electron chi connectivity index (χ1n) is 8.64. The highest BCUT2D eigenvalue weighted by atomic mass is 32.3. The van der Waals surface area contributed by atoms with Crippen molar-refractivity contribution >= 4 is 54.6 Å².